The fourth-order valence-electron chi connectivity index (χ4n) is 1.68. The van der Waals surface area contributed by atoms with Crippen molar-refractivity contribution in [1.82, 2.24) is 0 Å². The van der Waals surface area contributed by atoms with Crippen LogP contribution in [0, 0.1) is 5.82 Å². The van der Waals surface area contributed by atoms with E-state index in [1.54, 1.807) is 0 Å². The van der Waals surface area contributed by atoms with Gasteiger partial charge in [-0.25, -0.2) is 9.18 Å². The van der Waals surface area contributed by atoms with E-state index in [0.717, 1.165) is 12.1 Å². The van der Waals surface area contributed by atoms with E-state index in [-0.39, 0.29) is 11.3 Å². The lowest BCUT2D eigenvalue weighted by molar-refractivity contribution is -0.139. The zero-order valence-corrected chi connectivity index (χ0v) is 10.4. The number of carbonyl (C=O) groups is 1. The molecule has 0 aliphatic carbocycles. The highest BCUT2D eigenvalue weighted by Gasteiger charge is 2.34. The summed E-state index contributed by atoms with van der Waals surface area (Å²) in [5.74, 6) is -2.46. The largest absolute Gasteiger partial charge is 0.478 e. The lowest BCUT2D eigenvalue weighted by Crippen LogP contribution is -2.08. The highest BCUT2D eigenvalue weighted by atomic mass is 19.4. The standard InChI is InChI=1S/C14H9F4NO2/c15-12-6-5-10(7-11(12)14(16,17)18)19-9-3-1-8(2-4-9)13(20)21/h1-7,19H,(H,20,21). The van der Waals surface area contributed by atoms with E-state index in [4.69, 9.17) is 5.11 Å². The van der Waals surface area contributed by atoms with Crippen LogP contribution in [0.1, 0.15) is 15.9 Å². The van der Waals surface area contributed by atoms with Gasteiger partial charge in [0.15, 0.2) is 0 Å². The van der Waals surface area contributed by atoms with Gasteiger partial charge in [-0.15, -0.1) is 0 Å². The minimum Gasteiger partial charge on any atom is -0.478 e. The summed E-state index contributed by atoms with van der Waals surface area (Å²) in [5, 5.41) is 11.4. The molecule has 0 radical (unpaired) electrons. The molecule has 0 aliphatic heterocycles. The number of alkyl halides is 3. The molecule has 110 valence electrons. The molecule has 0 heterocycles. The summed E-state index contributed by atoms with van der Waals surface area (Å²) < 4.78 is 50.9. The van der Waals surface area contributed by atoms with Crippen LogP contribution in [-0.4, -0.2) is 11.1 Å². The first-order valence-electron chi connectivity index (χ1n) is 5.74. The summed E-state index contributed by atoms with van der Waals surface area (Å²) in [5.41, 5.74) is -0.878. The zero-order chi connectivity index (χ0) is 15.6. The van der Waals surface area contributed by atoms with Gasteiger partial charge in [-0.05, 0) is 42.5 Å². The Hall–Kier alpha value is -2.57. The number of halogens is 4. The third kappa shape index (κ3) is 3.50. The van der Waals surface area contributed by atoms with Gasteiger partial charge < -0.3 is 10.4 Å². The molecule has 2 rings (SSSR count). The minimum absolute atomic E-state index is 0.0480. The van der Waals surface area contributed by atoms with Crippen molar-refractivity contribution in [3.8, 4) is 0 Å². The van der Waals surface area contributed by atoms with Gasteiger partial charge in [-0.2, -0.15) is 13.2 Å². The number of carboxylic acid groups (broad SMARTS) is 1. The third-order valence-electron chi connectivity index (χ3n) is 2.69. The van der Waals surface area contributed by atoms with Crippen LogP contribution in [0.2, 0.25) is 0 Å². The Labute approximate surface area is 116 Å². The molecule has 0 atom stereocenters. The molecule has 2 aromatic carbocycles. The first-order chi connectivity index (χ1) is 9.77. The van der Waals surface area contributed by atoms with E-state index in [1.165, 1.54) is 24.3 Å². The van der Waals surface area contributed by atoms with Gasteiger partial charge in [0.2, 0.25) is 0 Å². The Morgan fingerprint density at radius 1 is 1.00 bits per heavy atom. The van der Waals surface area contributed by atoms with Gasteiger partial charge in [0, 0.05) is 11.4 Å². The molecule has 0 spiro atoms. The van der Waals surface area contributed by atoms with Crippen molar-refractivity contribution < 1.29 is 27.5 Å². The van der Waals surface area contributed by atoms with Gasteiger partial charge in [0.05, 0.1) is 11.1 Å². The number of anilines is 2. The van der Waals surface area contributed by atoms with E-state index in [9.17, 15) is 22.4 Å². The van der Waals surface area contributed by atoms with Crippen molar-refractivity contribution in [1.29, 1.82) is 0 Å². The molecule has 0 fully saturated rings. The minimum atomic E-state index is -4.78. The number of aromatic carboxylic acids is 1. The number of carboxylic acids is 1. The molecule has 2 aromatic rings. The number of hydrogen-bond acceptors (Lipinski definition) is 2. The second-order valence-corrected chi connectivity index (χ2v) is 4.20. The molecule has 3 nitrogen and oxygen atoms in total. The topological polar surface area (TPSA) is 49.3 Å². The van der Waals surface area contributed by atoms with Crippen LogP contribution in [0.5, 0.6) is 0 Å². The average molecular weight is 299 g/mol. The van der Waals surface area contributed by atoms with Crippen molar-refractivity contribution in [3.63, 3.8) is 0 Å². The molecule has 21 heavy (non-hydrogen) atoms. The van der Waals surface area contributed by atoms with E-state index < -0.39 is 23.5 Å². The number of benzene rings is 2. The molecule has 0 bridgehead atoms. The van der Waals surface area contributed by atoms with Crippen LogP contribution in [0.4, 0.5) is 28.9 Å². The molecule has 0 saturated heterocycles. The fourth-order valence-corrected chi connectivity index (χ4v) is 1.68. The second kappa shape index (κ2) is 5.43. The van der Waals surface area contributed by atoms with Crippen molar-refractivity contribution in [2.24, 2.45) is 0 Å². The van der Waals surface area contributed by atoms with Crippen molar-refractivity contribution >= 4 is 17.3 Å². The lowest BCUT2D eigenvalue weighted by Gasteiger charge is -2.11. The predicted octanol–water partition coefficient (Wildman–Crippen LogP) is 4.29. The Bertz CT molecular complexity index is 666. The van der Waals surface area contributed by atoms with Gasteiger partial charge in [0.1, 0.15) is 5.82 Å². The fraction of sp³-hybridized carbons (Fsp3) is 0.0714. The third-order valence-corrected chi connectivity index (χ3v) is 2.69. The molecular formula is C14H9F4NO2. The molecular weight excluding hydrogens is 290 g/mol. The maximum atomic E-state index is 13.1. The molecule has 7 heteroatoms. The van der Waals surface area contributed by atoms with Crippen LogP contribution in [0.25, 0.3) is 0 Å². The monoisotopic (exact) mass is 299 g/mol. The predicted molar refractivity (Wildman–Crippen MR) is 68.1 cm³/mol. The smallest absolute Gasteiger partial charge is 0.419 e. The molecule has 0 aromatic heterocycles. The number of hydrogen-bond donors (Lipinski definition) is 2. The first kappa shape index (κ1) is 14.8. The second-order valence-electron chi connectivity index (χ2n) is 4.20. The molecule has 0 saturated carbocycles. The van der Waals surface area contributed by atoms with Gasteiger partial charge in [-0.1, -0.05) is 0 Å². The van der Waals surface area contributed by atoms with E-state index >= 15 is 0 Å². The van der Waals surface area contributed by atoms with Crippen LogP contribution >= 0.6 is 0 Å². The van der Waals surface area contributed by atoms with E-state index in [0.29, 0.717) is 11.8 Å². The van der Waals surface area contributed by atoms with Crippen molar-refractivity contribution in [2.45, 2.75) is 6.18 Å². The summed E-state index contributed by atoms with van der Waals surface area (Å²) >= 11 is 0. The summed E-state index contributed by atoms with van der Waals surface area (Å²) in [6.45, 7) is 0. The van der Waals surface area contributed by atoms with Crippen molar-refractivity contribution in [3.05, 3.63) is 59.4 Å². The van der Waals surface area contributed by atoms with Crippen LogP contribution < -0.4 is 5.32 Å². The molecule has 0 unspecified atom stereocenters. The molecule has 0 aliphatic rings. The number of rotatable bonds is 3. The Kier molecular flexibility index (Phi) is 3.84. The van der Waals surface area contributed by atoms with Crippen LogP contribution in [0.15, 0.2) is 42.5 Å². The molecule has 0 amide bonds. The average Bonchev–Trinajstić information content (AvgIpc) is 2.40. The highest BCUT2D eigenvalue weighted by molar-refractivity contribution is 5.88. The van der Waals surface area contributed by atoms with E-state index in [2.05, 4.69) is 5.32 Å². The Morgan fingerprint density at radius 3 is 2.10 bits per heavy atom. The quantitative estimate of drug-likeness (QED) is 0.831. The first-order valence-corrected chi connectivity index (χ1v) is 5.74. The van der Waals surface area contributed by atoms with Crippen LogP contribution in [0.3, 0.4) is 0 Å². The van der Waals surface area contributed by atoms with Gasteiger partial charge >= 0.3 is 12.1 Å². The lowest BCUT2D eigenvalue weighted by atomic mass is 10.1. The SMILES string of the molecule is O=C(O)c1ccc(Nc2ccc(F)c(C(F)(F)F)c2)cc1. The normalized spacial score (nSPS) is 11.2. The Morgan fingerprint density at radius 2 is 1.57 bits per heavy atom. The van der Waals surface area contributed by atoms with Gasteiger partial charge in [0.25, 0.3) is 0 Å². The van der Waals surface area contributed by atoms with E-state index in [1.807, 2.05) is 0 Å². The summed E-state index contributed by atoms with van der Waals surface area (Å²) in [7, 11) is 0. The summed E-state index contributed by atoms with van der Waals surface area (Å²) in [6.07, 6.45) is -4.78. The van der Waals surface area contributed by atoms with Crippen molar-refractivity contribution in [2.75, 3.05) is 5.32 Å². The summed E-state index contributed by atoms with van der Waals surface area (Å²) in [6, 6.07) is 7.95. The highest BCUT2D eigenvalue weighted by Crippen LogP contribution is 2.33. The maximum Gasteiger partial charge on any atom is 0.419 e. The Balaban J connectivity index is 2.26. The summed E-state index contributed by atoms with van der Waals surface area (Å²) in [4.78, 5) is 10.7. The molecule has 2 N–H and O–H groups in total. The zero-order valence-electron chi connectivity index (χ0n) is 10.4. The van der Waals surface area contributed by atoms with Crippen LogP contribution in [-0.2, 0) is 6.18 Å². The maximum absolute atomic E-state index is 13.1. The number of nitrogens with one attached hydrogen (secondary N) is 1. The van der Waals surface area contributed by atoms with Gasteiger partial charge in [-0.3, -0.25) is 0 Å².